The van der Waals surface area contributed by atoms with Gasteiger partial charge in [-0.3, -0.25) is 14.4 Å². The maximum Gasteiger partial charge on any atom is 0.339 e. The van der Waals surface area contributed by atoms with Crippen LogP contribution in [0.4, 0.5) is 5.69 Å². The Morgan fingerprint density at radius 1 is 0.914 bits per heavy atom. The number of hydrogen-bond acceptors (Lipinski definition) is 5. The van der Waals surface area contributed by atoms with Crippen molar-refractivity contribution < 1.29 is 23.9 Å². The number of ether oxygens (including phenoxy) is 1. The Bertz CT molecular complexity index is 1430. The van der Waals surface area contributed by atoms with Gasteiger partial charge in [0.15, 0.2) is 0 Å². The first-order chi connectivity index (χ1) is 16.8. The van der Waals surface area contributed by atoms with Crippen LogP contribution in [0.25, 0.3) is 0 Å². The lowest BCUT2D eigenvalue weighted by Crippen LogP contribution is -2.57. The van der Waals surface area contributed by atoms with Gasteiger partial charge in [0.05, 0.1) is 40.6 Å². The molecule has 7 heteroatoms. The van der Waals surface area contributed by atoms with E-state index in [-0.39, 0.29) is 28.0 Å². The molecule has 1 saturated heterocycles. The van der Waals surface area contributed by atoms with Gasteiger partial charge in [0.2, 0.25) is 11.8 Å². The Kier molecular flexibility index (Phi) is 4.57. The second kappa shape index (κ2) is 7.36. The summed E-state index contributed by atoms with van der Waals surface area (Å²) in [6, 6.07) is 19.6. The molecule has 0 radical (unpaired) electrons. The molecule has 3 aliphatic carbocycles. The molecule has 6 nitrogen and oxygen atoms in total. The molecule has 2 atom stereocenters. The number of nitrogens with zero attached hydrogens (tertiary/aromatic N) is 1. The quantitative estimate of drug-likeness (QED) is 0.409. The normalized spacial score (nSPS) is 25.7. The minimum atomic E-state index is -1.27. The number of amides is 2. The molecule has 2 bridgehead atoms. The monoisotopic (exact) mass is 485 g/mol. The number of Topliss-reactive ketones (excluding diaryl/α,β-unsaturated/α-hetero) is 1. The molecule has 0 unspecified atom stereocenters. The topological polar surface area (TPSA) is 80.8 Å². The molecule has 1 fully saturated rings. The van der Waals surface area contributed by atoms with Crippen molar-refractivity contribution in [3.05, 3.63) is 99.6 Å². The van der Waals surface area contributed by atoms with Crippen molar-refractivity contribution in [3.63, 3.8) is 0 Å². The highest BCUT2D eigenvalue weighted by Gasteiger charge is 2.70. The number of ketones is 1. The highest BCUT2D eigenvalue weighted by atomic mass is 35.5. The van der Waals surface area contributed by atoms with E-state index in [1.807, 2.05) is 48.5 Å². The van der Waals surface area contributed by atoms with Gasteiger partial charge in [0, 0.05) is 5.92 Å². The highest BCUT2D eigenvalue weighted by molar-refractivity contribution is 6.34. The molecule has 2 amide bonds. The van der Waals surface area contributed by atoms with Crippen LogP contribution in [0.2, 0.25) is 5.02 Å². The molecular formula is C28H20ClNO5. The fourth-order valence-corrected chi connectivity index (χ4v) is 6.74. The Morgan fingerprint density at radius 2 is 1.51 bits per heavy atom. The Labute approximate surface area is 206 Å². The predicted molar refractivity (Wildman–Crippen MR) is 128 cm³/mol. The number of benzene rings is 3. The van der Waals surface area contributed by atoms with Gasteiger partial charge in [-0.25, -0.2) is 9.69 Å². The third kappa shape index (κ3) is 2.55. The zero-order valence-corrected chi connectivity index (χ0v) is 19.7. The largest absolute Gasteiger partial charge is 0.465 e. The summed E-state index contributed by atoms with van der Waals surface area (Å²) in [5.74, 6) is -3.69. The number of esters is 1. The lowest BCUT2D eigenvalue weighted by atomic mass is 9.46. The number of carbonyl (C=O) groups excluding carboxylic acids is 4. The summed E-state index contributed by atoms with van der Waals surface area (Å²) < 4.78 is 4.80. The van der Waals surface area contributed by atoms with Gasteiger partial charge in [-0.1, -0.05) is 60.1 Å². The summed E-state index contributed by atoms with van der Waals surface area (Å²) in [4.78, 5) is 55.1. The van der Waals surface area contributed by atoms with E-state index in [1.165, 1.54) is 32.2 Å². The molecule has 0 aromatic heterocycles. The number of anilines is 1. The van der Waals surface area contributed by atoms with E-state index < -0.39 is 35.0 Å². The smallest absolute Gasteiger partial charge is 0.339 e. The lowest BCUT2D eigenvalue weighted by molar-refractivity contribution is -0.132. The Hall–Kier alpha value is -3.77. The molecule has 1 heterocycles. The van der Waals surface area contributed by atoms with E-state index in [1.54, 1.807) is 0 Å². The van der Waals surface area contributed by atoms with Crippen molar-refractivity contribution in [2.45, 2.75) is 18.3 Å². The van der Waals surface area contributed by atoms with E-state index in [0.717, 1.165) is 27.2 Å². The fraction of sp³-hybridized carbons (Fsp3) is 0.214. The third-order valence-electron chi connectivity index (χ3n) is 7.79. The molecule has 4 aliphatic rings. The molecule has 7 rings (SSSR count). The molecule has 0 N–H and O–H groups in total. The summed E-state index contributed by atoms with van der Waals surface area (Å²) in [7, 11) is 1.23. The van der Waals surface area contributed by atoms with Gasteiger partial charge < -0.3 is 4.74 Å². The summed E-state index contributed by atoms with van der Waals surface area (Å²) in [5.41, 5.74) is 2.38. The lowest BCUT2D eigenvalue weighted by Gasteiger charge is -2.52. The summed E-state index contributed by atoms with van der Waals surface area (Å²) in [5, 5.41) is 0.150. The van der Waals surface area contributed by atoms with Gasteiger partial charge in [-0.05, 0) is 47.4 Å². The number of carbonyl (C=O) groups is 4. The van der Waals surface area contributed by atoms with E-state index in [2.05, 4.69) is 0 Å². The zero-order chi connectivity index (χ0) is 24.6. The molecular weight excluding hydrogens is 466 g/mol. The van der Waals surface area contributed by atoms with Crippen molar-refractivity contribution in [2.75, 3.05) is 12.0 Å². The second-order valence-corrected chi connectivity index (χ2v) is 9.59. The SMILES string of the molecule is COC(=O)c1cc(N2C(=O)[C@H]3C4c5ccccc5C(C(C)=O)(c5ccccc54)[C@H]3C2=O)ccc1Cl. The Morgan fingerprint density at radius 3 is 2.09 bits per heavy atom. The number of imide groups is 1. The number of halogens is 1. The molecule has 1 aliphatic heterocycles. The van der Waals surface area contributed by atoms with Crippen molar-refractivity contribution in [1.29, 1.82) is 0 Å². The summed E-state index contributed by atoms with van der Waals surface area (Å²) >= 11 is 6.18. The van der Waals surface area contributed by atoms with Crippen LogP contribution < -0.4 is 4.90 Å². The van der Waals surface area contributed by atoms with Crippen LogP contribution in [0.5, 0.6) is 0 Å². The number of hydrogen-bond donors (Lipinski definition) is 0. The summed E-state index contributed by atoms with van der Waals surface area (Å²) in [6.07, 6.45) is 0. The van der Waals surface area contributed by atoms with Gasteiger partial charge in [-0.2, -0.15) is 0 Å². The maximum absolute atomic E-state index is 14.1. The van der Waals surface area contributed by atoms with Crippen LogP contribution in [-0.2, 0) is 24.5 Å². The van der Waals surface area contributed by atoms with E-state index in [0.29, 0.717) is 0 Å². The van der Waals surface area contributed by atoms with E-state index in [4.69, 9.17) is 16.3 Å². The van der Waals surface area contributed by atoms with Crippen LogP contribution in [0.15, 0.2) is 66.7 Å². The fourth-order valence-electron chi connectivity index (χ4n) is 6.54. The average molecular weight is 486 g/mol. The molecule has 3 aromatic carbocycles. The zero-order valence-electron chi connectivity index (χ0n) is 18.9. The van der Waals surface area contributed by atoms with Crippen molar-refractivity contribution in [1.82, 2.24) is 0 Å². The van der Waals surface area contributed by atoms with Crippen LogP contribution in [0.1, 0.15) is 45.5 Å². The Balaban J connectivity index is 1.61. The van der Waals surface area contributed by atoms with Crippen LogP contribution in [0.3, 0.4) is 0 Å². The molecule has 3 aromatic rings. The third-order valence-corrected chi connectivity index (χ3v) is 8.12. The van der Waals surface area contributed by atoms with Gasteiger partial charge in [-0.15, -0.1) is 0 Å². The van der Waals surface area contributed by atoms with Gasteiger partial charge >= 0.3 is 5.97 Å². The number of rotatable bonds is 3. The van der Waals surface area contributed by atoms with Crippen molar-refractivity contribution in [2.24, 2.45) is 11.8 Å². The van der Waals surface area contributed by atoms with Crippen LogP contribution in [-0.4, -0.2) is 30.7 Å². The minimum Gasteiger partial charge on any atom is -0.465 e. The van der Waals surface area contributed by atoms with Crippen molar-refractivity contribution >= 4 is 40.9 Å². The van der Waals surface area contributed by atoms with E-state index in [9.17, 15) is 19.2 Å². The molecule has 0 spiro atoms. The maximum atomic E-state index is 14.1. The summed E-state index contributed by atoms with van der Waals surface area (Å²) in [6.45, 7) is 1.49. The number of methoxy groups -OCH3 is 1. The average Bonchev–Trinajstić information content (AvgIpc) is 3.14. The molecule has 174 valence electrons. The first kappa shape index (κ1) is 21.7. The van der Waals surface area contributed by atoms with Crippen LogP contribution >= 0.6 is 11.6 Å². The molecule has 0 saturated carbocycles. The van der Waals surface area contributed by atoms with Crippen molar-refractivity contribution in [3.8, 4) is 0 Å². The van der Waals surface area contributed by atoms with Gasteiger partial charge in [0.1, 0.15) is 5.78 Å². The molecule has 35 heavy (non-hydrogen) atoms. The van der Waals surface area contributed by atoms with E-state index >= 15 is 0 Å². The highest BCUT2D eigenvalue weighted by Crippen LogP contribution is 2.64. The first-order valence-electron chi connectivity index (χ1n) is 11.3. The standard InChI is InChI=1S/C28H20ClNO5/c1-14(31)28-19-9-5-3-7-16(19)22(17-8-4-6-10-20(17)28)23-24(28)26(33)30(25(23)32)15-11-12-21(29)18(13-15)27(34)35-2/h3-13,22-24H,1-2H3/t22?,23-,24+,28?/m0/s1. The second-order valence-electron chi connectivity index (χ2n) is 9.19. The van der Waals surface area contributed by atoms with Gasteiger partial charge in [0.25, 0.3) is 0 Å². The predicted octanol–water partition coefficient (Wildman–Crippen LogP) is 4.27. The first-order valence-corrected chi connectivity index (χ1v) is 11.7. The van der Waals surface area contributed by atoms with Crippen LogP contribution in [0, 0.1) is 11.8 Å². The minimum absolute atomic E-state index is 0.0537.